The van der Waals surface area contributed by atoms with Gasteiger partial charge in [-0.2, -0.15) is 5.10 Å². The molecule has 1 aromatic rings. The minimum absolute atomic E-state index is 0.373. The fourth-order valence-corrected chi connectivity index (χ4v) is 1.21. The smallest absolute Gasteiger partial charge is 0.129 e. The van der Waals surface area contributed by atoms with E-state index in [9.17, 15) is 4.39 Å². The molecule has 0 aliphatic carbocycles. The van der Waals surface area contributed by atoms with Crippen LogP contribution < -0.4 is 5.73 Å². The first-order chi connectivity index (χ1) is 6.27. The van der Waals surface area contributed by atoms with Crippen LogP contribution in [0.1, 0.15) is 31.5 Å². The van der Waals surface area contributed by atoms with Gasteiger partial charge in [0.1, 0.15) is 6.17 Å². The van der Waals surface area contributed by atoms with Gasteiger partial charge in [0.2, 0.25) is 0 Å². The lowest BCUT2D eigenvalue weighted by atomic mass is 10.2. The number of halogens is 1. The third kappa shape index (κ3) is 2.81. The van der Waals surface area contributed by atoms with E-state index < -0.39 is 6.17 Å². The lowest BCUT2D eigenvalue weighted by Gasteiger charge is -2.01. The average molecular weight is 185 g/mol. The van der Waals surface area contributed by atoms with Crippen molar-refractivity contribution in [3.05, 3.63) is 18.0 Å². The van der Waals surface area contributed by atoms with E-state index in [1.54, 1.807) is 17.1 Å². The Bertz CT molecular complexity index is 247. The van der Waals surface area contributed by atoms with E-state index in [0.717, 1.165) is 13.0 Å². The molecule has 1 aromatic heterocycles. The maximum atomic E-state index is 13.3. The molecule has 0 aliphatic heterocycles. The number of hydrogen-bond acceptors (Lipinski definition) is 2. The quantitative estimate of drug-likeness (QED) is 0.758. The Morgan fingerprint density at radius 2 is 2.46 bits per heavy atom. The van der Waals surface area contributed by atoms with Gasteiger partial charge in [0, 0.05) is 18.3 Å². The van der Waals surface area contributed by atoms with E-state index in [2.05, 4.69) is 12.0 Å². The molecule has 0 radical (unpaired) electrons. The van der Waals surface area contributed by atoms with Crippen molar-refractivity contribution in [3.63, 3.8) is 0 Å². The summed E-state index contributed by atoms with van der Waals surface area (Å²) in [6.07, 6.45) is 3.75. The largest absolute Gasteiger partial charge is 0.330 e. The Morgan fingerprint density at radius 1 is 1.69 bits per heavy atom. The van der Waals surface area contributed by atoms with Crippen molar-refractivity contribution in [2.45, 2.75) is 32.5 Å². The molecule has 4 heteroatoms. The van der Waals surface area contributed by atoms with Crippen LogP contribution in [0.2, 0.25) is 0 Å². The highest BCUT2D eigenvalue weighted by atomic mass is 19.1. The Kier molecular flexibility index (Phi) is 3.89. The average Bonchev–Trinajstić information content (AvgIpc) is 2.54. The molecule has 0 bridgehead atoms. The minimum atomic E-state index is -0.962. The molecular weight excluding hydrogens is 169 g/mol. The zero-order valence-electron chi connectivity index (χ0n) is 7.91. The second-order valence-corrected chi connectivity index (χ2v) is 3.08. The van der Waals surface area contributed by atoms with Crippen molar-refractivity contribution in [2.24, 2.45) is 5.73 Å². The Labute approximate surface area is 77.7 Å². The minimum Gasteiger partial charge on any atom is -0.330 e. The van der Waals surface area contributed by atoms with Crippen molar-refractivity contribution in [2.75, 3.05) is 6.54 Å². The van der Waals surface area contributed by atoms with Crippen LogP contribution in [0.15, 0.2) is 12.4 Å². The van der Waals surface area contributed by atoms with Crippen LogP contribution in [0, 0.1) is 0 Å². The summed E-state index contributed by atoms with van der Waals surface area (Å²) in [6, 6.07) is 0. The van der Waals surface area contributed by atoms with Gasteiger partial charge >= 0.3 is 0 Å². The van der Waals surface area contributed by atoms with Gasteiger partial charge in [-0.05, 0) is 19.4 Å². The molecule has 74 valence electrons. The van der Waals surface area contributed by atoms with E-state index >= 15 is 0 Å². The van der Waals surface area contributed by atoms with Gasteiger partial charge < -0.3 is 5.73 Å². The molecule has 2 N–H and O–H groups in total. The summed E-state index contributed by atoms with van der Waals surface area (Å²) < 4.78 is 15.0. The van der Waals surface area contributed by atoms with Gasteiger partial charge in [-0.25, -0.2) is 4.39 Å². The summed E-state index contributed by atoms with van der Waals surface area (Å²) in [6.45, 7) is 3.28. The molecular formula is C9H16FN3. The SMILES string of the molecule is CCCn1cc(C(F)CCN)cn1. The van der Waals surface area contributed by atoms with E-state index in [0.29, 0.717) is 18.5 Å². The Balaban J connectivity index is 2.56. The van der Waals surface area contributed by atoms with Gasteiger partial charge in [0.25, 0.3) is 0 Å². The molecule has 1 atom stereocenters. The zero-order valence-corrected chi connectivity index (χ0v) is 7.91. The van der Waals surface area contributed by atoms with E-state index in [1.165, 1.54) is 0 Å². The molecule has 3 nitrogen and oxygen atoms in total. The molecule has 0 aromatic carbocycles. The molecule has 13 heavy (non-hydrogen) atoms. The first kappa shape index (κ1) is 10.2. The topological polar surface area (TPSA) is 43.8 Å². The normalized spacial score (nSPS) is 13.2. The third-order valence-electron chi connectivity index (χ3n) is 1.89. The van der Waals surface area contributed by atoms with Crippen LogP contribution in [0.4, 0.5) is 4.39 Å². The first-order valence-corrected chi connectivity index (χ1v) is 4.64. The number of rotatable bonds is 5. The molecule has 1 heterocycles. The number of aromatic nitrogens is 2. The predicted octanol–water partition coefficient (Wildman–Crippen LogP) is 1.65. The second kappa shape index (κ2) is 4.97. The van der Waals surface area contributed by atoms with Crippen LogP contribution in [0.5, 0.6) is 0 Å². The van der Waals surface area contributed by atoms with Gasteiger partial charge in [-0.15, -0.1) is 0 Å². The summed E-state index contributed by atoms with van der Waals surface area (Å²) in [4.78, 5) is 0. The number of aryl methyl sites for hydroxylation is 1. The highest BCUT2D eigenvalue weighted by Crippen LogP contribution is 2.19. The lowest BCUT2D eigenvalue weighted by Crippen LogP contribution is -2.03. The molecule has 0 amide bonds. The molecule has 0 spiro atoms. The summed E-state index contributed by atoms with van der Waals surface area (Å²) >= 11 is 0. The van der Waals surface area contributed by atoms with E-state index in [4.69, 9.17) is 5.73 Å². The standard InChI is InChI=1S/C9H16FN3/c1-2-5-13-7-8(6-12-13)9(10)3-4-11/h6-7,9H,2-5,11H2,1H3. The van der Waals surface area contributed by atoms with Crippen molar-refractivity contribution in [1.82, 2.24) is 9.78 Å². The maximum Gasteiger partial charge on any atom is 0.129 e. The summed E-state index contributed by atoms with van der Waals surface area (Å²) in [7, 11) is 0. The van der Waals surface area contributed by atoms with Crippen molar-refractivity contribution < 1.29 is 4.39 Å². The highest BCUT2D eigenvalue weighted by molar-refractivity contribution is 5.07. The second-order valence-electron chi connectivity index (χ2n) is 3.08. The lowest BCUT2D eigenvalue weighted by molar-refractivity contribution is 0.327. The first-order valence-electron chi connectivity index (χ1n) is 4.64. The van der Waals surface area contributed by atoms with Crippen molar-refractivity contribution in [1.29, 1.82) is 0 Å². The molecule has 0 saturated heterocycles. The highest BCUT2D eigenvalue weighted by Gasteiger charge is 2.10. The van der Waals surface area contributed by atoms with Crippen molar-refractivity contribution >= 4 is 0 Å². The molecule has 0 fully saturated rings. The number of nitrogens with zero attached hydrogens (tertiary/aromatic N) is 2. The van der Waals surface area contributed by atoms with Crippen LogP contribution in [-0.2, 0) is 6.54 Å². The number of alkyl halides is 1. The van der Waals surface area contributed by atoms with Gasteiger partial charge in [0.05, 0.1) is 6.20 Å². The van der Waals surface area contributed by atoms with Crippen LogP contribution in [0.25, 0.3) is 0 Å². The molecule has 1 rings (SSSR count). The summed E-state index contributed by atoms with van der Waals surface area (Å²) in [5, 5.41) is 4.05. The molecule has 0 saturated carbocycles. The maximum absolute atomic E-state index is 13.3. The molecule has 1 unspecified atom stereocenters. The Morgan fingerprint density at radius 3 is 3.08 bits per heavy atom. The summed E-state index contributed by atoms with van der Waals surface area (Å²) in [5.41, 5.74) is 5.90. The Hall–Kier alpha value is -0.900. The fourth-order valence-electron chi connectivity index (χ4n) is 1.21. The summed E-state index contributed by atoms with van der Waals surface area (Å²) in [5.74, 6) is 0. The van der Waals surface area contributed by atoms with Gasteiger partial charge in [-0.3, -0.25) is 4.68 Å². The van der Waals surface area contributed by atoms with Crippen molar-refractivity contribution in [3.8, 4) is 0 Å². The van der Waals surface area contributed by atoms with Gasteiger partial charge in [0.15, 0.2) is 0 Å². The molecule has 0 aliphatic rings. The van der Waals surface area contributed by atoms with Crippen LogP contribution in [-0.4, -0.2) is 16.3 Å². The van der Waals surface area contributed by atoms with E-state index in [-0.39, 0.29) is 0 Å². The van der Waals surface area contributed by atoms with Crippen LogP contribution in [0.3, 0.4) is 0 Å². The number of nitrogens with two attached hydrogens (primary N) is 1. The number of hydrogen-bond donors (Lipinski definition) is 1. The van der Waals surface area contributed by atoms with Gasteiger partial charge in [-0.1, -0.05) is 6.92 Å². The third-order valence-corrected chi connectivity index (χ3v) is 1.89. The zero-order chi connectivity index (χ0) is 9.68. The van der Waals surface area contributed by atoms with E-state index in [1.807, 2.05) is 0 Å². The fraction of sp³-hybridized carbons (Fsp3) is 0.667. The predicted molar refractivity (Wildman–Crippen MR) is 50.0 cm³/mol. The van der Waals surface area contributed by atoms with Crippen LogP contribution >= 0.6 is 0 Å². The monoisotopic (exact) mass is 185 g/mol.